The highest BCUT2D eigenvalue weighted by Crippen LogP contribution is 2.29. The second kappa shape index (κ2) is 8.28. The summed E-state index contributed by atoms with van der Waals surface area (Å²) in [5, 5.41) is 0. The van der Waals surface area contributed by atoms with Gasteiger partial charge in [0.25, 0.3) is 10.0 Å². The van der Waals surface area contributed by atoms with E-state index >= 15 is 0 Å². The Morgan fingerprint density at radius 2 is 1.96 bits per heavy atom. The Morgan fingerprint density at radius 3 is 2.63 bits per heavy atom. The highest BCUT2D eigenvalue weighted by atomic mass is 32.2. The van der Waals surface area contributed by atoms with Crippen LogP contribution in [0.4, 0.5) is 5.69 Å². The Balaban J connectivity index is 1.74. The second-order valence-electron chi connectivity index (χ2n) is 7.49. The summed E-state index contributed by atoms with van der Waals surface area (Å²) in [4.78, 5) is 2.65. The van der Waals surface area contributed by atoms with Crippen LogP contribution < -0.4 is 4.72 Å². The molecule has 0 saturated carbocycles. The van der Waals surface area contributed by atoms with Crippen molar-refractivity contribution in [3.8, 4) is 0 Å². The molecule has 1 aliphatic heterocycles. The van der Waals surface area contributed by atoms with E-state index in [-0.39, 0.29) is 4.90 Å². The van der Waals surface area contributed by atoms with E-state index in [0.717, 1.165) is 31.6 Å². The molecule has 1 N–H and O–H groups in total. The van der Waals surface area contributed by atoms with Crippen LogP contribution in [0.25, 0.3) is 0 Å². The number of hydrogen-bond acceptors (Lipinski definition) is 3. The molecule has 27 heavy (non-hydrogen) atoms. The highest BCUT2D eigenvalue weighted by Gasteiger charge is 2.23. The molecule has 144 valence electrons. The third-order valence-electron chi connectivity index (χ3n) is 5.13. The van der Waals surface area contributed by atoms with Crippen LogP contribution in [-0.2, 0) is 10.0 Å². The molecule has 5 heteroatoms. The summed E-state index contributed by atoms with van der Waals surface area (Å²) in [5.74, 6) is 0.804. The van der Waals surface area contributed by atoms with Crippen LogP contribution in [0.15, 0.2) is 66.1 Å². The second-order valence-corrected chi connectivity index (χ2v) is 9.17. The highest BCUT2D eigenvalue weighted by molar-refractivity contribution is 7.92. The first-order chi connectivity index (χ1) is 12.9. The SMILES string of the molecule is C=CCN1CCC(c2cccc(NS(=O)(=O)c3ccc(C(C)C)cc3)c2)C1. The van der Waals surface area contributed by atoms with Gasteiger partial charge in [-0.15, -0.1) is 6.58 Å². The summed E-state index contributed by atoms with van der Waals surface area (Å²) in [5.41, 5.74) is 2.92. The van der Waals surface area contributed by atoms with Crippen molar-refractivity contribution in [2.45, 2.75) is 37.0 Å². The van der Waals surface area contributed by atoms with Gasteiger partial charge in [-0.25, -0.2) is 8.42 Å². The molecule has 1 saturated heterocycles. The number of likely N-dealkylation sites (tertiary alicyclic amines) is 1. The molecule has 2 aromatic carbocycles. The van der Waals surface area contributed by atoms with Crippen LogP contribution in [-0.4, -0.2) is 33.0 Å². The maximum atomic E-state index is 12.7. The average Bonchev–Trinajstić information content (AvgIpc) is 3.11. The minimum atomic E-state index is -3.59. The molecule has 1 heterocycles. The lowest BCUT2D eigenvalue weighted by Crippen LogP contribution is -2.20. The van der Waals surface area contributed by atoms with Gasteiger partial charge in [-0.05, 0) is 60.2 Å². The fraction of sp³-hybridized carbons (Fsp3) is 0.364. The average molecular weight is 385 g/mol. The predicted molar refractivity (Wildman–Crippen MR) is 112 cm³/mol. The number of benzene rings is 2. The van der Waals surface area contributed by atoms with Crippen molar-refractivity contribution in [3.63, 3.8) is 0 Å². The van der Waals surface area contributed by atoms with Crippen LogP contribution in [0.3, 0.4) is 0 Å². The number of nitrogens with one attached hydrogen (secondary N) is 1. The summed E-state index contributed by atoms with van der Waals surface area (Å²) in [6, 6.07) is 14.9. The van der Waals surface area contributed by atoms with Crippen LogP contribution in [0.5, 0.6) is 0 Å². The molecule has 0 radical (unpaired) electrons. The van der Waals surface area contributed by atoms with Gasteiger partial charge in [0, 0.05) is 18.8 Å². The number of rotatable bonds is 7. The van der Waals surface area contributed by atoms with Gasteiger partial charge in [0.15, 0.2) is 0 Å². The first kappa shape index (κ1) is 19.6. The summed E-state index contributed by atoms with van der Waals surface area (Å²) >= 11 is 0. The summed E-state index contributed by atoms with van der Waals surface area (Å²) in [6.45, 7) is 10.9. The van der Waals surface area contributed by atoms with E-state index in [4.69, 9.17) is 0 Å². The van der Waals surface area contributed by atoms with Crippen molar-refractivity contribution >= 4 is 15.7 Å². The van der Waals surface area contributed by atoms with Gasteiger partial charge in [0.05, 0.1) is 4.90 Å². The predicted octanol–water partition coefficient (Wildman–Crippen LogP) is 4.59. The van der Waals surface area contributed by atoms with E-state index in [1.807, 2.05) is 30.3 Å². The first-order valence-corrected chi connectivity index (χ1v) is 10.9. The monoisotopic (exact) mass is 384 g/mol. The maximum absolute atomic E-state index is 12.7. The number of anilines is 1. The normalized spacial score (nSPS) is 18.0. The fourth-order valence-electron chi connectivity index (χ4n) is 3.56. The first-order valence-electron chi connectivity index (χ1n) is 9.45. The Morgan fingerprint density at radius 1 is 1.22 bits per heavy atom. The van der Waals surface area contributed by atoms with Crippen molar-refractivity contribution in [1.82, 2.24) is 4.90 Å². The lowest BCUT2D eigenvalue weighted by molar-refractivity contribution is 0.372. The molecular formula is C22H28N2O2S. The summed E-state index contributed by atoms with van der Waals surface area (Å²) < 4.78 is 28.2. The topological polar surface area (TPSA) is 49.4 Å². The molecule has 2 aromatic rings. The number of sulfonamides is 1. The zero-order valence-electron chi connectivity index (χ0n) is 16.1. The minimum Gasteiger partial charge on any atom is -0.299 e. The van der Waals surface area contributed by atoms with Gasteiger partial charge >= 0.3 is 0 Å². The molecule has 1 atom stereocenters. The van der Waals surface area contributed by atoms with Crippen LogP contribution in [0, 0.1) is 0 Å². The molecule has 1 fully saturated rings. The zero-order valence-corrected chi connectivity index (χ0v) is 16.9. The van der Waals surface area contributed by atoms with E-state index in [1.165, 1.54) is 5.56 Å². The molecule has 0 aliphatic carbocycles. The Kier molecular flexibility index (Phi) is 6.02. The third kappa shape index (κ3) is 4.79. The summed E-state index contributed by atoms with van der Waals surface area (Å²) in [7, 11) is -3.59. The molecule has 0 aromatic heterocycles. The number of nitrogens with zero attached hydrogens (tertiary/aromatic N) is 1. The van der Waals surface area contributed by atoms with Crippen LogP contribution >= 0.6 is 0 Å². The fourth-order valence-corrected chi connectivity index (χ4v) is 4.60. The lowest BCUT2D eigenvalue weighted by Gasteiger charge is -2.15. The van der Waals surface area contributed by atoms with Crippen molar-refractivity contribution in [2.24, 2.45) is 0 Å². The van der Waals surface area contributed by atoms with E-state index in [1.54, 1.807) is 18.2 Å². The standard InChI is InChI=1S/C22H28N2O2S/c1-4-13-24-14-12-20(16-24)19-6-5-7-21(15-19)23-27(25,26)22-10-8-18(9-11-22)17(2)3/h4-11,15,17,20,23H,1,12-14,16H2,2-3H3. The van der Waals surface area contributed by atoms with Gasteiger partial charge in [0.2, 0.25) is 0 Å². The van der Waals surface area contributed by atoms with Gasteiger partial charge in [-0.2, -0.15) is 0 Å². The van der Waals surface area contributed by atoms with Crippen LogP contribution in [0.2, 0.25) is 0 Å². The molecular weight excluding hydrogens is 356 g/mol. The van der Waals surface area contributed by atoms with Gasteiger partial charge in [-0.3, -0.25) is 9.62 Å². The van der Waals surface area contributed by atoms with Crippen molar-refractivity contribution in [2.75, 3.05) is 24.4 Å². The maximum Gasteiger partial charge on any atom is 0.261 e. The van der Waals surface area contributed by atoms with Gasteiger partial charge < -0.3 is 0 Å². The molecule has 1 aliphatic rings. The van der Waals surface area contributed by atoms with Gasteiger partial charge in [-0.1, -0.05) is 44.2 Å². The van der Waals surface area contributed by atoms with E-state index < -0.39 is 10.0 Å². The Hall–Kier alpha value is -2.11. The molecule has 0 amide bonds. The lowest BCUT2D eigenvalue weighted by atomic mass is 9.98. The molecule has 4 nitrogen and oxygen atoms in total. The van der Waals surface area contributed by atoms with E-state index in [9.17, 15) is 8.42 Å². The summed E-state index contributed by atoms with van der Waals surface area (Å²) in [6.07, 6.45) is 3.01. The van der Waals surface area contributed by atoms with Crippen molar-refractivity contribution in [3.05, 3.63) is 72.3 Å². The molecule has 3 rings (SSSR count). The van der Waals surface area contributed by atoms with Crippen molar-refractivity contribution in [1.29, 1.82) is 0 Å². The quantitative estimate of drug-likeness (QED) is 0.711. The largest absolute Gasteiger partial charge is 0.299 e. The number of hydrogen-bond donors (Lipinski definition) is 1. The Bertz CT molecular complexity index is 889. The molecule has 1 unspecified atom stereocenters. The minimum absolute atomic E-state index is 0.287. The Labute approximate surface area is 163 Å². The van der Waals surface area contributed by atoms with Crippen molar-refractivity contribution < 1.29 is 8.42 Å². The van der Waals surface area contributed by atoms with E-state index in [2.05, 4.69) is 36.1 Å². The van der Waals surface area contributed by atoms with E-state index in [0.29, 0.717) is 17.5 Å². The van der Waals surface area contributed by atoms with Crippen LogP contribution in [0.1, 0.15) is 43.2 Å². The van der Waals surface area contributed by atoms with Gasteiger partial charge in [0.1, 0.15) is 0 Å². The zero-order chi connectivity index (χ0) is 19.4. The third-order valence-corrected chi connectivity index (χ3v) is 6.52. The molecule has 0 spiro atoms. The molecule has 0 bridgehead atoms. The smallest absolute Gasteiger partial charge is 0.261 e.